The van der Waals surface area contributed by atoms with E-state index in [1.54, 1.807) is 0 Å². The van der Waals surface area contributed by atoms with Gasteiger partial charge in [0.05, 0.1) is 19.1 Å². The SMILES string of the molecule is CCCCCCCCCCCCC(C)(CC)CC(C)[N+]([SiH3])(CC)CC.[Br-]. The second-order valence-corrected chi connectivity index (χ2v) is 11.0. The van der Waals surface area contributed by atoms with E-state index in [9.17, 15) is 0 Å². The van der Waals surface area contributed by atoms with Crippen LogP contribution in [0.5, 0.6) is 0 Å². The molecule has 2 atom stereocenters. The molecule has 0 aliphatic heterocycles. The molecule has 0 heterocycles. The Kier molecular flexibility index (Phi) is 18.4. The minimum atomic E-state index is 0. The quantitative estimate of drug-likeness (QED) is 0.235. The van der Waals surface area contributed by atoms with Gasteiger partial charge < -0.3 is 21.1 Å². The van der Waals surface area contributed by atoms with E-state index in [0.29, 0.717) is 5.41 Å². The Bertz CT molecular complexity index is 307. The monoisotopic (exact) mass is 449 g/mol. The van der Waals surface area contributed by atoms with Crippen LogP contribution in [0.3, 0.4) is 0 Å². The van der Waals surface area contributed by atoms with E-state index in [1.807, 2.05) is 0 Å². The zero-order chi connectivity index (χ0) is 19.2. The minimum absolute atomic E-state index is 0. The fourth-order valence-corrected chi connectivity index (χ4v) is 4.43. The number of nitrogens with zero attached hydrogens (tertiary/aromatic N) is 1. The third-order valence-corrected chi connectivity index (χ3v) is 9.43. The van der Waals surface area contributed by atoms with Crippen LogP contribution >= 0.6 is 0 Å². The standard InChI is InChI=1S/C23H52NSi.BrH/c1-7-11-12-13-14-15-16-17-18-19-20-23(6,8-2)21-22(5)24(25,9-3)10-4;/h22H,7-21H2,1-6,25H3;1H/q+1;/p-1. The van der Waals surface area contributed by atoms with Crippen molar-refractivity contribution in [2.45, 2.75) is 131 Å². The van der Waals surface area contributed by atoms with Crippen LogP contribution in [0.2, 0.25) is 0 Å². The fourth-order valence-electron chi connectivity index (χ4n) is 4.24. The topological polar surface area (TPSA) is 0 Å². The Morgan fingerprint density at radius 3 is 1.58 bits per heavy atom. The summed E-state index contributed by atoms with van der Waals surface area (Å²) in [6, 6.07) is 0.842. The van der Waals surface area contributed by atoms with Crippen LogP contribution in [0, 0.1) is 5.41 Å². The van der Waals surface area contributed by atoms with E-state index in [4.69, 9.17) is 0 Å². The maximum Gasteiger partial charge on any atom is 0.239 e. The second-order valence-electron chi connectivity index (χ2n) is 9.26. The Hall–Kier alpha value is 0.657. The van der Waals surface area contributed by atoms with Crippen LogP contribution in [-0.4, -0.2) is 33.7 Å². The molecule has 160 valence electrons. The van der Waals surface area contributed by atoms with Crippen LogP contribution in [0.4, 0.5) is 0 Å². The lowest BCUT2D eigenvalue weighted by Crippen LogP contribution is -3.00. The molecule has 0 aromatic heterocycles. The summed E-state index contributed by atoms with van der Waals surface area (Å²) < 4.78 is 1.37. The summed E-state index contributed by atoms with van der Waals surface area (Å²) >= 11 is 0. The molecule has 26 heavy (non-hydrogen) atoms. The molecule has 0 saturated carbocycles. The first kappa shape index (κ1) is 28.9. The zero-order valence-electron chi connectivity index (χ0n) is 19.5. The first-order valence-electron chi connectivity index (χ1n) is 11.7. The molecule has 0 aromatic carbocycles. The molecule has 0 aromatic rings. The predicted molar refractivity (Wildman–Crippen MR) is 120 cm³/mol. The van der Waals surface area contributed by atoms with Crippen molar-refractivity contribution in [3.63, 3.8) is 0 Å². The number of hydrogen-bond donors (Lipinski definition) is 0. The van der Waals surface area contributed by atoms with E-state index < -0.39 is 0 Å². The highest BCUT2D eigenvalue weighted by atomic mass is 79.9. The second kappa shape index (κ2) is 16.6. The van der Waals surface area contributed by atoms with Gasteiger partial charge in [-0.25, -0.2) is 0 Å². The van der Waals surface area contributed by atoms with Gasteiger partial charge in [-0.05, 0) is 32.6 Å². The van der Waals surface area contributed by atoms with Crippen molar-refractivity contribution in [1.29, 1.82) is 0 Å². The number of quaternary nitrogens is 1. The predicted octanol–water partition coefficient (Wildman–Crippen LogP) is 3.63. The molecule has 3 heteroatoms. The Balaban J connectivity index is 0. The summed E-state index contributed by atoms with van der Waals surface area (Å²) in [7, 11) is 1.29. The average molecular weight is 451 g/mol. The summed E-state index contributed by atoms with van der Waals surface area (Å²) in [4.78, 5) is 0. The van der Waals surface area contributed by atoms with Gasteiger partial charge in [0.1, 0.15) is 0 Å². The smallest absolute Gasteiger partial charge is 0.239 e. The highest BCUT2D eigenvalue weighted by Crippen LogP contribution is 2.36. The third kappa shape index (κ3) is 12.2. The van der Waals surface area contributed by atoms with Gasteiger partial charge in [0.25, 0.3) is 0 Å². The number of rotatable bonds is 17. The first-order valence-corrected chi connectivity index (χ1v) is 12.6. The highest BCUT2D eigenvalue weighted by molar-refractivity contribution is 5.97. The van der Waals surface area contributed by atoms with Crippen molar-refractivity contribution >= 4 is 10.4 Å². The molecule has 0 bridgehead atoms. The van der Waals surface area contributed by atoms with Gasteiger partial charge >= 0.3 is 0 Å². The molecule has 0 saturated heterocycles. The van der Waals surface area contributed by atoms with Crippen molar-refractivity contribution < 1.29 is 21.1 Å². The van der Waals surface area contributed by atoms with E-state index in [-0.39, 0.29) is 17.0 Å². The molecule has 0 aliphatic rings. The van der Waals surface area contributed by atoms with Gasteiger partial charge in [0.15, 0.2) is 0 Å². The molecule has 0 radical (unpaired) electrons. The summed E-state index contributed by atoms with van der Waals surface area (Å²) in [5.74, 6) is 0. The summed E-state index contributed by atoms with van der Waals surface area (Å²) in [6.07, 6.45) is 18.7. The zero-order valence-corrected chi connectivity index (χ0v) is 23.1. The van der Waals surface area contributed by atoms with Crippen LogP contribution < -0.4 is 17.0 Å². The lowest BCUT2D eigenvalue weighted by Gasteiger charge is -2.44. The highest BCUT2D eigenvalue weighted by Gasteiger charge is 2.32. The van der Waals surface area contributed by atoms with Gasteiger partial charge in [-0.2, -0.15) is 0 Å². The number of hydrogen-bond acceptors (Lipinski definition) is 0. The maximum atomic E-state index is 2.56. The molecule has 0 N–H and O–H groups in total. The molecule has 0 amide bonds. The maximum absolute atomic E-state index is 2.56. The van der Waals surface area contributed by atoms with Crippen LogP contribution in [-0.2, 0) is 0 Å². The van der Waals surface area contributed by atoms with Crippen molar-refractivity contribution in [1.82, 2.24) is 0 Å². The lowest BCUT2D eigenvalue weighted by atomic mass is 9.76. The molecular formula is C23H52BrNSi. The van der Waals surface area contributed by atoms with E-state index in [1.165, 1.54) is 111 Å². The van der Waals surface area contributed by atoms with Crippen molar-refractivity contribution in [2.75, 3.05) is 13.1 Å². The number of unbranched alkanes of at least 4 members (excludes halogenated alkanes) is 9. The van der Waals surface area contributed by atoms with E-state index in [0.717, 1.165) is 6.04 Å². The van der Waals surface area contributed by atoms with Crippen LogP contribution in [0.25, 0.3) is 0 Å². The Labute approximate surface area is 181 Å². The molecule has 0 aliphatic carbocycles. The van der Waals surface area contributed by atoms with Gasteiger partial charge in [0.2, 0.25) is 10.4 Å². The van der Waals surface area contributed by atoms with E-state index in [2.05, 4.69) is 41.5 Å². The molecule has 2 unspecified atom stereocenters. The minimum Gasteiger partial charge on any atom is -1.00 e. The molecule has 1 nitrogen and oxygen atoms in total. The van der Waals surface area contributed by atoms with Crippen molar-refractivity contribution in [3.05, 3.63) is 0 Å². The summed E-state index contributed by atoms with van der Waals surface area (Å²) in [6.45, 7) is 17.2. The third-order valence-electron chi connectivity index (χ3n) is 7.28. The average Bonchev–Trinajstić information content (AvgIpc) is 2.62. The molecule has 0 rings (SSSR count). The van der Waals surface area contributed by atoms with Crippen molar-refractivity contribution in [3.8, 4) is 0 Å². The van der Waals surface area contributed by atoms with Crippen LogP contribution in [0.1, 0.15) is 125 Å². The Morgan fingerprint density at radius 2 is 1.19 bits per heavy atom. The molecule has 0 spiro atoms. The largest absolute Gasteiger partial charge is 1.00 e. The summed E-state index contributed by atoms with van der Waals surface area (Å²) in [5.41, 5.74) is 0.567. The first-order chi connectivity index (χ1) is 11.9. The Morgan fingerprint density at radius 1 is 0.769 bits per heavy atom. The normalized spacial score (nSPS) is 15.5. The molecular weight excluding hydrogens is 398 g/mol. The number of halogens is 1. The fraction of sp³-hybridized carbons (Fsp3) is 1.00. The van der Waals surface area contributed by atoms with Gasteiger partial charge in [0, 0.05) is 6.42 Å². The van der Waals surface area contributed by atoms with Gasteiger partial charge in [-0.1, -0.05) is 91.4 Å². The van der Waals surface area contributed by atoms with Crippen molar-refractivity contribution in [2.24, 2.45) is 5.41 Å². The summed E-state index contributed by atoms with van der Waals surface area (Å²) in [5, 5.41) is 0. The lowest BCUT2D eigenvalue weighted by molar-refractivity contribution is -0.839. The van der Waals surface area contributed by atoms with Gasteiger partial charge in [-0.15, -0.1) is 0 Å². The van der Waals surface area contributed by atoms with Crippen LogP contribution in [0.15, 0.2) is 0 Å². The molecule has 0 fully saturated rings. The van der Waals surface area contributed by atoms with E-state index >= 15 is 0 Å². The van der Waals surface area contributed by atoms with Gasteiger partial charge in [-0.3, -0.25) is 0 Å².